The van der Waals surface area contributed by atoms with Crippen LogP contribution in [0.4, 0.5) is 5.82 Å². The molecule has 0 unspecified atom stereocenters. The molecule has 26 heavy (non-hydrogen) atoms. The highest BCUT2D eigenvalue weighted by Crippen LogP contribution is 2.40. The van der Waals surface area contributed by atoms with Gasteiger partial charge in [0.25, 0.3) is 0 Å². The molecule has 1 aliphatic carbocycles. The smallest absolute Gasteiger partial charge is 0.238 e. The van der Waals surface area contributed by atoms with Crippen molar-refractivity contribution < 1.29 is 9.32 Å². The Hall–Kier alpha value is -2.61. The number of amides is 1. The van der Waals surface area contributed by atoms with Gasteiger partial charge >= 0.3 is 0 Å². The van der Waals surface area contributed by atoms with Gasteiger partial charge in [0.1, 0.15) is 11.6 Å². The van der Waals surface area contributed by atoms with Gasteiger partial charge in [0.05, 0.1) is 10.9 Å². The monoisotopic (exact) mass is 369 g/mol. The number of aryl methyl sites for hydroxylation is 1. The van der Waals surface area contributed by atoms with Crippen molar-refractivity contribution in [2.45, 2.75) is 43.0 Å². The van der Waals surface area contributed by atoms with Crippen LogP contribution in [0.1, 0.15) is 37.3 Å². The third-order valence-corrected chi connectivity index (χ3v) is 5.04. The molecule has 2 aromatic heterocycles. The van der Waals surface area contributed by atoms with Crippen molar-refractivity contribution in [2.24, 2.45) is 0 Å². The Morgan fingerprint density at radius 1 is 1.35 bits per heavy atom. The topological polar surface area (TPSA) is 85.8 Å². The molecule has 0 bridgehead atoms. The molecule has 1 aliphatic rings. The molecular formula is C18H19N5O2S. The minimum absolute atomic E-state index is 0.160. The Kier molecular flexibility index (Phi) is 4.50. The van der Waals surface area contributed by atoms with Crippen molar-refractivity contribution in [1.29, 1.82) is 0 Å². The predicted octanol–water partition coefficient (Wildman–Crippen LogP) is 3.56. The second-order valence-electron chi connectivity index (χ2n) is 6.35. The number of aromatic nitrogens is 4. The SMILES string of the molecule is Cc1cc(NC(=O)[C@H](C)Sc2nc(C3CC3)n(-c3ccccc3)n2)no1. The van der Waals surface area contributed by atoms with Gasteiger partial charge in [0.15, 0.2) is 5.82 Å². The number of hydrogen-bond donors (Lipinski definition) is 1. The van der Waals surface area contributed by atoms with Crippen LogP contribution in [-0.4, -0.2) is 31.1 Å². The van der Waals surface area contributed by atoms with E-state index in [2.05, 4.69) is 20.6 Å². The van der Waals surface area contributed by atoms with Gasteiger partial charge in [0, 0.05) is 12.0 Å². The number of carbonyl (C=O) groups excluding carboxylic acids is 1. The number of hydrogen-bond acceptors (Lipinski definition) is 6. The number of para-hydroxylation sites is 1. The Labute approximate surface area is 155 Å². The maximum Gasteiger partial charge on any atom is 0.238 e. The normalized spacial score (nSPS) is 15.0. The van der Waals surface area contributed by atoms with Crippen LogP contribution in [0.5, 0.6) is 0 Å². The van der Waals surface area contributed by atoms with Gasteiger partial charge in [0.2, 0.25) is 11.1 Å². The van der Waals surface area contributed by atoms with Crippen LogP contribution in [0.3, 0.4) is 0 Å². The second-order valence-corrected chi connectivity index (χ2v) is 7.65. The van der Waals surface area contributed by atoms with Gasteiger partial charge in [-0.3, -0.25) is 4.79 Å². The van der Waals surface area contributed by atoms with Crippen LogP contribution >= 0.6 is 11.8 Å². The van der Waals surface area contributed by atoms with E-state index in [-0.39, 0.29) is 11.2 Å². The lowest BCUT2D eigenvalue weighted by Crippen LogP contribution is -2.22. The Morgan fingerprint density at radius 3 is 2.77 bits per heavy atom. The predicted molar refractivity (Wildman–Crippen MR) is 98.5 cm³/mol. The van der Waals surface area contributed by atoms with Crippen LogP contribution in [0, 0.1) is 6.92 Å². The fourth-order valence-electron chi connectivity index (χ4n) is 2.58. The van der Waals surface area contributed by atoms with E-state index >= 15 is 0 Å². The summed E-state index contributed by atoms with van der Waals surface area (Å²) >= 11 is 1.34. The Bertz CT molecular complexity index is 917. The van der Waals surface area contributed by atoms with Crippen LogP contribution in [0.15, 0.2) is 46.1 Å². The molecule has 3 aromatic rings. The van der Waals surface area contributed by atoms with Crippen molar-refractivity contribution in [3.8, 4) is 5.69 Å². The van der Waals surface area contributed by atoms with Gasteiger partial charge in [-0.2, -0.15) is 0 Å². The summed E-state index contributed by atoms with van der Waals surface area (Å²) in [6.45, 7) is 3.60. The second kappa shape index (κ2) is 6.95. The van der Waals surface area contributed by atoms with E-state index < -0.39 is 0 Å². The first-order valence-corrected chi connectivity index (χ1v) is 9.41. The zero-order valence-corrected chi connectivity index (χ0v) is 15.4. The number of carbonyl (C=O) groups is 1. The largest absolute Gasteiger partial charge is 0.360 e. The maximum atomic E-state index is 12.4. The highest BCUT2D eigenvalue weighted by molar-refractivity contribution is 8.00. The van der Waals surface area contributed by atoms with Crippen molar-refractivity contribution in [3.63, 3.8) is 0 Å². The van der Waals surface area contributed by atoms with E-state index in [1.54, 1.807) is 13.0 Å². The van der Waals surface area contributed by atoms with E-state index in [4.69, 9.17) is 4.52 Å². The summed E-state index contributed by atoms with van der Waals surface area (Å²) < 4.78 is 6.86. The molecule has 1 fully saturated rings. The van der Waals surface area contributed by atoms with Crippen molar-refractivity contribution >= 4 is 23.5 Å². The number of benzene rings is 1. The summed E-state index contributed by atoms with van der Waals surface area (Å²) in [7, 11) is 0. The molecule has 2 heterocycles. The molecule has 0 spiro atoms. The molecular weight excluding hydrogens is 350 g/mol. The third-order valence-electron chi connectivity index (χ3n) is 4.09. The number of thioether (sulfide) groups is 1. The molecule has 1 amide bonds. The number of anilines is 1. The lowest BCUT2D eigenvalue weighted by atomic mass is 10.3. The van der Waals surface area contributed by atoms with E-state index in [0.717, 1.165) is 24.4 Å². The Balaban J connectivity index is 1.50. The summed E-state index contributed by atoms with van der Waals surface area (Å²) in [6.07, 6.45) is 2.27. The summed E-state index contributed by atoms with van der Waals surface area (Å²) in [5.74, 6) is 2.34. The molecule has 1 atom stereocenters. The van der Waals surface area contributed by atoms with E-state index in [0.29, 0.717) is 22.7 Å². The first kappa shape index (κ1) is 16.8. The average Bonchev–Trinajstić information content (AvgIpc) is 3.28. The van der Waals surface area contributed by atoms with Gasteiger partial charge < -0.3 is 9.84 Å². The maximum absolute atomic E-state index is 12.4. The molecule has 1 aromatic carbocycles. The van der Waals surface area contributed by atoms with Crippen molar-refractivity contribution in [1.82, 2.24) is 19.9 Å². The molecule has 0 saturated heterocycles. The molecule has 1 saturated carbocycles. The zero-order valence-electron chi connectivity index (χ0n) is 14.5. The van der Waals surface area contributed by atoms with Crippen LogP contribution < -0.4 is 5.32 Å². The highest BCUT2D eigenvalue weighted by Gasteiger charge is 2.31. The molecule has 7 nitrogen and oxygen atoms in total. The molecule has 134 valence electrons. The third kappa shape index (κ3) is 3.65. The lowest BCUT2D eigenvalue weighted by molar-refractivity contribution is -0.115. The average molecular weight is 369 g/mol. The summed E-state index contributed by atoms with van der Waals surface area (Å²) in [5.41, 5.74) is 0.990. The van der Waals surface area contributed by atoms with E-state index in [1.165, 1.54) is 11.8 Å². The van der Waals surface area contributed by atoms with Crippen LogP contribution in [0.25, 0.3) is 5.69 Å². The lowest BCUT2D eigenvalue weighted by Gasteiger charge is -2.07. The van der Waals surface area contributed by atoms with Gasteiger partial charge in [-0.05, 0) is 38.8 Å². The fourth-order valence-corrected chi connectivity index (χ4v) is 3.34. The number of nitrogens with one attached hydrogen (secondary N) is 1. The van der Waals surface area contributed by atoms with Crippen molar-refractivity contribution in [2.75, 3.05) is 5.32 Å². The number of nitrogens with zero attached hydrogens (tertiary/aromatic N) is 4. The molecule has 4 rings (SSSR count). The molecule has 0 aliphatic heterocycles. The zero-order chi connectivity index (χ0) is 18.1. The van der Waals surface area contributed by atoms with Gasteiger partial charge in [-0.25, -0.2) is 9.67 Å². The van der Waals surface area contributed by atoms with Crippen LogP contribution in [0.2, 0.25) is 0 Å². The number of rotatable bonds is 6. The van der Waals surface area contributed by atoms with Gasteiger partial charge in [-0.15, -0.1) is 5.10 Å². The Morgan fingerprint density at radius 2 is 2.12 bits per heavy atom. The van der Waals surface area contributed by atoms with E-state index in [1.807, 2.05) is 41.9 Å². The van der Waals surface area contributed by atoms with Crippen LogP contribution in [-0.2, 0) is 4.79 Å². The molecule has 8 heteroatoms. The quantitative estimate of drug-likeness (QED) is 0.669. The van der Waals surface area contributed by atoms with Gasteiger partial charge in [-0.1, -0.05) is 35.1 Å². The fraction of sp³-hybridized carbons (Fsp3) is 0.333. The minimum atomic E-state index is -0.356. The first-order valence-electron chi connectivity index (χ1n) is 8.53. The molecule has 0 radical (unpaired) electrons. The van der Waals surface area contributed by atoms with Crippen molar-refractivity contribution in [3.05, 3.63) is 48.0 Å². The summed E-state index contributed by atoms with van der Waals surface area (Å²) in [5, 5.41) is 11.4. The summed E-state index contributed by atoms with van der Waals surface area (Å²) in [4.78, 5) is 17.0. The standard InChI is InChI=1S/C18H19N5O2S/c1-11-10-15(22-25-11)19-17(24)12(2)26-18-20-16(13-8-9-13)23(21-18)14-6-4-3-5-7-14/h3-7,10,12-13H,8-9H2,1-2H3,(H,19,22,24)/t12-/m0/s1. The minimum Gasteiger partial charge on any atom is -0.360 e. The molecule has 1 N–H and O–H groups in total. The highest BCUT2D eigenvalue weighted by atomic mass is 32.2. The van der Waals surface area contributed by atoms with E-state index in [9.17, 15) is 4.79 Å². The first-order chi connectivity index (χ1) is 12.6. The summed E-state index contributed by atoms with van der Waals surface area (Å²) in [6, 6.07) is 11.6.